The Morgan fingerprint density at radius 3 is 1.90 bits per heavy atom. The molecular formula is C22H24F2N2O5. The van der Waals surface area contributed by atoms with Crippen molar-refractivity contribution in [3.8, 4) is 0 Å². The monoisotopic (exact) mass is 434 g/mol. The van der Waals surface area contributed by atoms with Crippen LogP contribution < -0.4 is 5.32 Å². The number of hydrogen-bond donors (Lipinski definition) is 3. The standard InChI is InChI=1S/C20H22F2N2O.C2H2O4/c21-16-5-1-14(2-6-16)20(15-3-7-17(22)8-4-15)25-10-9-24-13-18-11-19(24)12-23-18;3-1(4)2(5)6/h1-8,18-20,23H,9-13H2;(H,3,4)(H,5,6). The second-order valence-electron chi connectivity index (χ2n) is 7.45. The molecule has 0 amide bonds. The minimum Gasteiger partial charge on any atom is -0.473 e. The lowest BCUT2D eigenvalue weighted by molar-refractivity contribution is -0.159. The third kappa shape index (κ3) is 6.30. The van der Waals surface area contributed by atoms with Crippen LogP contribution in [0, 0.1) is 11.6 Å². The van der Waals surface area contributed by atoms with Gasteiger partial charge in [-0.15, -0.1) is 0 Å². The van der Waals surface area contributed by atoms with Crippen molar-refractivity contribution in [1.29, 1.82) is 0 Å². The van der Waals surface area contributed by atoms with E-state index >= 15 is 0 Å². The van der Waals surface area contributed by atoms with Crippen molar-refractivity contribution >= 4 is 11.9 Å². The van der Waals surface area contributed by atoms with Gasteiger partial charge in [-0.2, -0.15) is 0 Å². The van der Waals surface area contributed by atoms with Crippen molar-refractivity contribution in [2.75, 3.05) is 26.2 Å². The Morgan fingerprint density at radius 1 is 1.00 bits per heavy atom. The fraction of sp³-hybridized carbons (Fsp3) is 0.364. The summed E-state index contributed by atoms with van der Waals surface area (Å²) in [5, 5.41) is 18.3. The van der Waals surface area contributed by atoms with Crippen molar-refractivity contribution in [2.45, 2.75) is 24.6 Å². The number of carboxylic acids is 2. The number of fused-ring (bicyclic) bond motifs is 2. The number of nitrogens with one attached hydrogen (secondary N) is 1. The van der Waals surface area contributed by atoms with E-state index in [0.717, 1.165) is 30.8 Å². The maximum atomic E-state index is 13.2. The molecule has 0 aromatic heterocycles. The van der Waals surface area contributed by atoms with Gasteiger partial charge in [0.1, 0.15) is 17.7 Å². The molecule has 2 aliphatic heterocycles. The molecule has 2 aromatic rings. The fourth-order valence-electron chi connectivity index (χ4n) is 3.87. The average Bonchev–Trinajstić information content (AvgIpc) is 3.37. The van der Waals surface area contributed by atoms with Crippen LogP contribution >= 0.6 is 0 Å². The van der Waals surface area contributed by atoms with E-state index in [0.29, 0.717) is 18.7 Å². The molecule has 9 heteroatoms. The molecule has 4 rings (SSSR count). The van der Waals surface area contributed by atoms with Gasteiger partial charge in [0.2, 0.25) is 0 Å². The molecule has 31 heavy (non-hydrogen) atoms. The van der Waals surface area contributed by atoms with E-state index in [4.69, 9.17) is 24.5 Å². The zero-order valence-corrected chi connectivity index (χ0v) is 16.7. The van der Waals surface area contributed by atoms with Crippen LogP contribution in [-0.4, -0.2) is 65.4 Å². The van der Waals surface area contributed by atoms with E-state index in [1.165, 1.54) is 30.7 Å². The lowest BCUT2D eigenvalue weighted by atomic mass is 10.0. The summed E-state index contributed by atoms with van der Waals surface area (Å²) in [6, 6.07) is 13.9. The first kappa shape index (κ1) is 22.8. The number of carbonyl (C=O) groups is 2. The van der Waals surface area contributed by atoms with Gasteiger partial charge in [-0.1, -0.05) is 24.3 Å². The topological polar surface area (TPSA) is 99.1 Å². The Labute approximate surface area is 178 Å². The first-order chi connectivity index (χ1) is 14.8. The molecule has 2 aliphatic rings. The van der Waals surface area contributed by atoms with Crippen molar-refractivity contribution < 1.29 is 33.3 Å². The Bertz CT molecular complexity index is 834. The highest BCUT2D eigenvalue weighted by molar-refractivity contribution is 6.27. The first-order valence-electron chi connectivity index (χ1n) is 9.89. The van der Waals surface area contributed by atoms with Crippen LogP contribution in [0.3, 0.4) is 0 Å². The highest BCUT2D eigenvalue weighted by atomic mass is 19.1. The van der Waals surface area contributed by atoms with Gasteiger partial charge in [0.25, 0.3) is 0 Å². The normalized spacial score (nSPS) is 19.8. The number of likely N-dealkylation sites (tertiary alicyclic amines) is 1. The van der Waals surface area contributed by atoms with Gasteiger partial charge in [-0.25, -0.2) is 18.4 Å². The van der Waals surface area contributed by atoms with Crippen molar-refractivity contribution in [3.05, 3.63) is 71.3 Å². The second-order valence-corrected chi connectivity index (χ2v) is 7.45. The van der Waals surface area contributed by atoms with Gasteiger partial charge < -0.3 is 20.3 Å². The second kappa shape index (κ2) is 10.4. The van der Waals surface area contributed by atoms with E-state index in [2.05, 4.69) is 10.2 Å². The Hall–Kier alpha value is -2.88. The van der Waals surface area contributed by atoms with Gasteiger partial charge >= 0.3 is 11.9 Å². The van der Waals surface area contributed by atoms with Crippen LogP contribution in [0.5, 0.6) is 0 Å². The number of ether oxygens (including phenoxy) is 1. The number of hydrogen-bond acceptors (Lipinski definition) is 5. The number of piperazine rings is 1. The number of halogens is 2. The zero-order chi connectivity index (χ0) is 22.4. The van der Waals surface area contributed by atoms with Crippen LogP contribution in [0.15, 0.2) is 48.5 Å². The molecule has 2 fully saturated rings. The average molecular weight is 434 g/mol. The fourth-order valence-corrected chi connectivity index (χ4v) is 3.87. The quantitative estimate of drug-likeness (QED) is 0.600. The molecule has 0 radical (unpaired) electrons. The molecule has 2 heterocycles. The summed E-state index contributed by atoms with van der Waals surface area (Å²) in [5.74, 6) is -4.20. The summed E-state index contributed by atoms with van der Waals surface area (Å²) in [6.07, 6.45) is 0.901. The van der Waals surface area contributed by atoms with E-state index in [1.54, 1.807) is 24.3 Å². The van der Waals surface area contributed by atoms with Crippen LogP contribution in [0.2, 0.25) is 0 Å². The summed E-state index contributed by atoms with van der Waals surface area (Å²) in [5.41, 5.74) is 1.75. The van der Waals surface area contributed by atoms with E-state index in [1.807, 2.05) is 0 Å². The Morgan fingerprint density at radius 2 is 1.52 bits per heavy atom. The minimum absolute atomic E-state index is 0.276. The Kier molecular flexibility index (Phi) is 7.67. The predicted octanol–water partition coefficient (Wildman–Crippen LogP) is 2.27. The van der Waals surface area contributed by atoms with Crippen molar-refractivity contribution in [2.24, 2.45) is 0 Å². The van der Waals surface area contributed by atoms with Crippen LogP contribution in [0.1, 0.15) is 23.7 Å². The number of carboxylic acid groups (broad SMARTS) is 2. The summed E-state index contributed by atoms with van der Waals surface area (Å²) in [4.78, 5) is 20.7. The third-order valence-electron chi connectivity index (χ3n) is 5.36. The molecule has 2 bridgehead atoms. The van der Waals surface area contributed by atoms with Gasteiger partial charge in [0.05, 0.1) is 6.61 Å². The number of rotatable bonds is 6. The van der Waals surface area contributed by atoms with Crippen molar-refractivity contribution in [3.63, 3.8) is 0 Å². The molecule has 2 aromatic carbocycles. The molecule has 0 aliphatic carbocycles. The zero-order valence-electron chi connectivity index (χ0n) is 16.7. The van der Waals surface area contributed by atoms with Crippen LogP contribution in [-0.2, 0) is 14.3 Å². The summed E-state index contributed by atoms with van der Waals surface area (Å²) < 4.78 is 32.6. The maximum Gasteiger partial charge on any atom is 0.414 e. The number of nitrogens with zero attached hydrogens (tertiary/aromatic N) is 1. The lowest BCUT2D eigenvalue weighted by Crippen LogP contribution is -2.44. The van der Waals surface area contributed by atoms with Crippen LogP contribution in [0.4, 0.5) is 8.78 Å². The first-order valence-corrected chi connectivity index (χ1v) is 9.89. The smallest absolute Gasteiger partial charge is 0.414 e. The molecular weight excluding hydrogens is 410 g/mol. The molecule has 3 N–H and O–H groups in total. The Balaban J connectivity index is 0.000000401. The minimum atomic E-state index is -1.82. The third-order valence-corrected chi connectivity index (χ3v) is 5.36. The predicted molar refractivity (Wildman–Crippen MR) is 108 cm³/mol. The van der Waals surface area contributed by atoms with Gasteiger partial charge in [-0.3, -0.25) is 4.90 Å². The van der Waals surface area contributed by atoms with Crippen molar-refractivity contribution in [1.82, 2.24) is 10.2 Å². The SMILES string of the molecule is Fc1ccc(C(OCCN2CC3CC2CN3)c2ccc(F)cc2)cc1.O=C(O)C(=O)O. The highest BCUT2D eigenvalue weighted by Crippen LogP contribution is 2.27. The maximum absolute atomic E-state index is 13.2. The highest BCUT2D eigenvalue weighted by Gasteiger charge is 2.37. The molecule has 166 valence electrons. The van der Waals surface area contributed by atoms with E-state index in [9.17, 15) is 8.78 Å². The summed E-state index contributed by atoms with van der Waals surface area (Å²) in [6.45, 7) is 3.60. The van der Waals surface area contributed by atoms with E-state index in [-0.39, 0.29) is 17.7 Å². The van der Waals surface area contributed by atoms with E-state index < -0.39 is 11.9 Å². The molecule has 0 saturated carbocycles. The molecule has 2 saturated heterocycles. The summed E-state index contributed by atoms with van der Waals surface area (Å²) >= 11 is 0. The molecule has 2 unspecified atom stereocenters. The van der Waals surface area contributed by atoms with Gasteiger partial charge in [-0.05, 0) is 41.8 Å². The largest absolute Gasteiger partial charge is 0.473 e. The molecule has 2 atom stereocenters. The summed E-state index contributed by atoms with van der Waals surface area (Å²) in [7, 11) is 0. The number of aliphatic carboxylic acids is 2. The molecule has 0 spiro atoms. The van der Waals surface area contributed by atoms with Gasteiger partial charge in [0.15, 0.2) is 0 Å². The van der Waals surface area contributed by atoms with Gasteiger partial charge in [0, 0.05) is 31.7 Å². The van der Waals surface area contributed by atoms with Crippen LogP contribution in [0.25, 0.3) is 0 Å². The molecule has 7 nitrogen and oxygen atoms in total. The number of benzene rings is 2. The lowest BCUT2D eigenvalue weighted by Gasteiger charge is -2.28.